The molecule has 0 bridgehead atoms. The highest BCUT2D eigenvalue weighted by Crippen LogP contribution is 2.43. The van der Waals surface area contributed by atoms with Gasteiger partial charge in [-0.25, -0.2) is 0 Å². The van der Waals surface area contributed by atoms with E-state index in [-0.39, 0.29) is 11.1 Å². The van der Waals surface area contributed by atoms with Crippen molar-refractivity contribution in [3.05, 3.63) is 70.7 Å². The molecular formula is C20H10BrF3O2. The lowest BCUT2D eigenvalue weighted by atomic mass is 10.1. The van der Waals surface area contributed by atoms with Crippen LogP contribution in [0.15, 0.2) is 69.6 Å². The molecule has 0 N–H and O–H groups in total. The van der Waals surface area contributed by atoms with Gasteiger partial charge in [0, 0.05) is 15.6 Å². The van der Waals surface area contributed by atoms with Crippen LogP contribution >= 0.6 is 15.9 Å². The summed E-state index contributed by atoms with van der Waals surface area (Å²) in [7, 11) is 0. The van der Waals surface area contributed by atoms with Crippen molar-refractivity contribution in [3.63, 3.8) is 0 Å². The molecule has 0 amide bonds. The van der Waals surface area contributed by atoms with Crippen molar-refractivity contribution in [1.29, 1.82) is 0 Å². The summed E-state index contributed by atoms with van der Waals surface area (Å²) in [6.07, 6.45) is -4.98. The number of ketones is 1. The lowest BCUT2D eigenvalue weighted by molar-refractivity contribution is -0.0884. The van der Waals surface area contributed by atoms with Crippen LogP contribution in [0.2, 0.25) is 0 Å². The first-order chi connectivity index (χ1) is 12.4. The van der Waals surface area contributed by atoms with E-state index in [0.717, 1.165) is 4.47 Å². The summed E-state index contributed by atoms with van der Waals surface area (Å²) in [5, 5.41) is 0.794. The maximum atomic E-state index is 13.1. The number of carbonyl (C=O) groups excluding carboxylic acids is 1. The van der Waals surface area contributed by atoms with Crippen molar-refractivity contribution >= 4 is 32.5 Å². The van der Waals surface area contributed by atoms with Gasteiger partial charge in [0.15, 0.2) is 0 Å². The quantitative estimate of drug-likeness (QED) is 0.338. The van der Waals surface area contributed by atoms with E-state index in [1.54, 1.807) is 54.6 Å². The topological polar surface area (TPSA) is 30.2 Å². The summed E-state index contributed by atoms with van der Waals surface area (Å²) in [5.74, 6) is -1.56. The van der Waals surface area contributed by atoms with Gasteiger partial charge in [0.2, 0.25) is 0 Å². The van der Waals surface area contributed by atoms with Crippen LogP contribution in [0.4, 0.5) is 13.2 Å². The van der Waals surface area contributed by atoms with Gasteiger partial charge < -0.3 is 4.42 Å². The van der Waals surface area contributed by atoms with Crippen molar-refractivity contribution in [2.75, 3.05) is 0 Å². The molecule has 130 valence electrons. The average Bonchev–Trinajstić information content (AvgIpc) is 2.94. The van der Waals surface area contributed by atoms with Gasteiger partial charge in [-0.05, 0) is 35.0 Å². The molecule has 1 aliphatic carbocycles. The van der Waals surface area contributed by atoms with Crippen LogP contribution in [0.1, 0.15) is 10.4 Å². The molecule has 2 aromatic rings. The highest BCUT2D eigenvalue weighted by molar-refractivity contribution is 9.10. The molecule has 0 unspecified atom stereocenters. The van der Waals surface area contributed by atoms with E-state index in [1.807, 2.05) is 0 Å². The minimum Gasteiger partial charge on any atom is -0.455 e. The Morgan fingerprint density at radius 2 is 1.54 bits per heavy atom. The van der Waals surface area contributed by atoms with Crippen molar-refractivity contribution in [1.82, 2.24) is 0 Å². The van der Waals surface area contributed by atoms with E-state index in [4.69, 9.17) is 4.42 Å². The molecule has 6 heteroatoms. The van der Waals surface area contributed by atoms with E-state index >= 15 is 0 Å². The maximum Gasteiger partial charge on any atom is 0.455 e. The molecule has 1 aliphatic heterocycles. The zero-order valence-electron chi connectivity index (χ0n) is 13.1. The molecule has 0 spiro atoms. The number of alkyl halides is 3. The Morgan fingerprint density at radius 3 is 2.19 bits per heavy atom. The van der Waals surface area contributed by atoms with Crippen LogP contribution in [-0.2, 0) is 0 Å². The second-order valence-electron chi connectivity index (χ2n) is 5.80. The Balaban J connectivity index is 2.02. The fourth-order valence-corrected chi connectivity index (χ4v) is 3.29. The van der Waals surface area contributed by atoms with Crippen LogP contribution in [0.25, 0.3) is 33.4 Å². The summed E-state index contributed by atoms with van der Waals surface area (Å²) < 4.78 is 46.1. The smallest absolute Gasteiger partial charge is 0.455 e. The lowest BCUT2D eigenvalue weighted by Crippen LogP contribution is -2.22. The highest BCUT2D eigenvalue weighted by atomic mass is 79.9. The zero-order chi connectivity index (χ0) is 18.5. The molecule has 26 heavy (non-hydrogen) atoms. The lowest BCUT2D eigenvalue weighted by Gasteiger charge is -2.09. The summed E-state index contributed by atoms with van der Waals surface area (Å²) in [5.41, 5.74) is 0.738. The van der Waals surface area contributed by atoms with Crippen LogP contribution in [0.5, 0.6) is 0 Å². The molecule has 2 nitrogen and oxygen atoms in total. The number of benzene rings is 2. The summed E-state index contributed by atoms with van der Waals surface area (Å²) in [6, 6.07) is 17.0. The number of carbonyl (C=O) groups is 1. The van der Waals surface area contributed by atoms with E-state index in [2.05, 4.69) is 15.9 Å². The van der Waals surface area contributed by atoms with Crippen molar-refractivity contribution in [2.24, 2.45) is 0 Å². The SMILES string of the molecule is O=C(c1c2oc(-c3ccc(Br)cc3)ccc-2c2ccccc12)C(F)(F)F. The Morgan fingerprint density at radius 1 is 0.885 bits per heavy atom. The number of Topliss-reactive ketones (excluding diaryl/α,β-unsaturated/α-hetero) is 1. The molecule has 0 saturated carbocycles. The van der Waals surface area contributed by atoms with Gasteiger partial charge >= 0.3 is 6.18 Å². The predicted octanol–water partition coefficient (Wildman–Crippen LogP) is 6.71. The van der Waals surface area contributed by atoms with Crippen LogP contribution < -0.4 is 0 Å². The summed E-state index contributed by atoms with van der Waals surface area (Å²) >= 11 is 3.33. The molecule has 4 rings (SSSR count). The summed E-state index contributed by atoms with van der Waals surface area (Å²) in [4.78, 5) is 12.1. The van der Waals surface area contributed by atoms with Crippen molar-refractivity contribution in [2.45, 2.75) is 6.18 Å². The Bertz CT molecular complexity index is 1090. The van der Waals surface area contributed by atoms with Gasteiger partial charge in [-0.2, -0.15) is 13.2 Å². The minimum absolute atomic E-state index is 0.0473. The maximum absolute atomic E-state index is 13.1. The molecule has 1 heterocycles. The van der Waals surface area contributed by atoms with E-state index in [9.17, 15) is 18.0 Å². The summed E-state index contributed by atoms with van der Waals surface area (Å²) in [6.45, 7) is 0. The zero-order valence-corrected chi connectivity index (χ0v) is 14.7. The van der Waals surface area contributed by atoms with E-state index in [0.29, 0.717) is 22.3 Å². The first-order valence-electron chi connectivity index (χ1n) is 7.68. The third kappa shape index (κ3) is 2.70. The molecule has 2 aliphatic rings. The molecule has 0 saturated heterocycles. The van der Waals surface area contributed by atoms with Gasteiger partial charge in [-0.15, -0.1) is 0 Å². The van der Waals surface area contributed by atoms with Crippen LogP contribution in [0.3, 0.4) is 0 Å². The first-order valence-corrected chi connectivity index (χ1v) is 8.47. The molecule has 0 fully saturated rings. The van der Waals surface area contributed by atoms with Gasteiger partial charge in [-0.3, -0.25) is 4.79 Å². The molecular weight excluding hydrogens is 409 g/mol. The highest BCUT2D eigenvalue weighted by Gasteiger charge is 2.43. The fourth-order valence-electron chi connectivity index (χ4n) is 3.03. The minimum atomic E-state index is -4.98. The third-order valence-electron chi connectivity index (χ3n) is 4.18. The third-order valence-corrected chi connectivity index (χ3v) is 4.71. The Kier molecular flexibility index (Phi) is 3.88. The predicted molar refractivity (Wildman–Crippen MR) is 96.4 cm³/mol. The van der Waals surface area contributed by atoms with Gasteiger partial charge in [-0.1, -0.05) is 52.3 Å². The monoisotopic (exact) mass is 418 g/mol. The van der Waals surface area contributed by atoms with E-state index in [1.165, 1.54) is 6.07 Å². The van der Waals surface area contributed by atoms with Crippen molar-refractivity contribution < 1.29 is 22.4 Å². The normalized spacial score (nSPS) is 12.0. The number of fused-ring (bicyclic) bond motifs is 3. The second-order valence-corrected chi connectivity index (χ2v) is 6.71. The molecule has 0 radical (unpaired) electrons. The van der Waals surface area contributed by atoms with Crippen LogP contribution in [-0.4, -0.2) is 12.0 Å². The van der Waals surface area contributed by atoms with Gasteiger partial charge in [0.05, 0.1) is 5.56 Å². The van der Waals surface area contributed by atoms with Crippen molar-refractivity contribution in [3.8, 4) is 22.6 Å². The standard InChI is InChI=1S/C20H10BrF3O2/c21-12-7-5-11(6-8-12)16-10-9-15-13-3-1-2-4-14(13)17(18(15)26-16)19(25)20(22,23)24/h1-10H. The van der Waals surface area contributed by atoms with E-state index < -0.39 is 17.5 Å². The Labute approximate surface area is 154 Å². The second kappa shape index (κ2) is 5.99. The molecule has 0 atom stereocenters. The Hall–Kier alpha value is -2.60. The number of rotatable bonds is 2. The largest absolute Gasteiger partial charge is 0.455 e. The number of hydrogen-bond acceptors (Lipinski definition) is 2. The van der Waals surface area contributed by atoms with Gasteiger partial charge in [0.25, 0.3) is 5.78 Å². The number of hydrogen-bond donors (Lipinski definition) is 0. The van der Waals surface area contributed by atoms with Crippen LogP contribution in [0, 0.1) is 0 Å². The molecule has 0 aromatic heterocycles. The number of halogens is 4. The average molecular weight is 419 g/mol. The fraction of sp³-hybridized carbons (Fsp3) is 0.0500. The van der Waals surface area contributed by atoms with Gasteiger partial charge in [0.1, 0.15) is 11.5 Å². The first kappa shape index (κ1) is 16.8. The molecule has 2 aromatic carbocycles.